The molecule has 0 aromatic carbocycles. The average molecular weight is 168 g/mol. The molecule has 12 heavy (non-hydrogen) atoms. The third kappa shape index (κ3) is 1.28. The molecule has 2 fully saturated rings. The van der Waals surface area contributed by atoms with Crippen LogP contribution >= 0.6 is 0 Å². The molecule has 68 valence electrons. The van der Waals surface area contributed by atoms with Crippen LogP contribution in [0.1, 0.15) is 32.1 Å². The van der Waals surface area contributed by atoms with E-state index in [0.29, 0.717) is 11.7 Å². The van der Waals surface area contributed by atoms with Gasteiger partial charge in [-0.05, 0) is 25.2 Å². The zero-order valence-electron chi connectivity index (χ0n) is 7.58. The largest absolute Gasteiger partial charge is 0.374 e. The first-order chi connectivity index (χ1) is 5.81. The summed E-state index contributed by atoms with van der Waals surface area (Å²) in [7, 11) is 1.66. The molecule has 3 atom stereocenters. The number of fused-ring (bicyclic) bond motifs is 2. The molecule has 0 spiro atoms. The van der Waals surface area contributed by atoms with E-state index < -0.39 is 0 Å². The molecular formula is C10H16O2. The summed E-state index contributed by atoms with van der Waals surface area (Å²) in [6.07, 6.45) is 5.70. The zero-order chi connectivity index (χ0) is 8.55. The monoisotopic (exact) mass is 168 g/mol. The summed E-state index contributed by atoms with van der Waals surface area (Å²) >= 11 is 0. The zero-order valence-corrected chi connectivity index (χ0v) is 7.58. The molecule has 0 aromatic heterocycles. The number of carbonyl (C=O) groups excluding carboxylic acids is 1. The van der Waals surface area contributed by atoms with E-state index in [1.807, 2.05) is 0 Å². The number of methoxy groups -OCH3 is 1. The van der Waals surface area contributed by atoms with E-state index >= 15 is 0 Å². The minimum absolute atomic E-state index is 0.0750. The van der Waals surface area contributed by atoms with Gasteiger partial charge in [0.15, 0.2) is 5.78 Å². The highest BCUT2D eigenvalue weighted by Crippen LogP contribution is 2.38. The van der Waals surface area contributed by atoms with Gasteiger partial charge in [-0.2, -0.15) is 0 Å². The molecule has 2 saturated carbocycles. The highest BCUT2D eigenvalue weighted by Gasteiger charge is 2.38. The fourth-order valence-corrected chi connectivity index (χ4v) is 2.66. The molecule has 0 aromatic rings. The Kier molecular flexibility index (Phi) is 2.18. The Morgan fingerprint density at radius 1 is 1.33 bits per heavy atom. The van der Waals surface area contributed by atoms with E-state index in [-0.39, 0.29) is 6.10 Å². The van der Waals surface area contributed by atoms with Gasteiger partial charge in [-0.3, -0.25) is 4.79 Å². The number of Topliss-reactive ketones (excluding diaryl/α,β-unsaturated/α-hetero) is 1. The minimum atomic E-state index is -0.0750. The number of ether oxygens (including phenoxy) is 1. The number of rotatable bonds is 1. The van der Waals surface area contributed by atoms with Crippen molar-refractivity contribution in [1.29, 1.82) is 0 Å². The fourth-order valence-electron chi connectivity index (χ4n) is 2.66. The molecule has 2 heteroatoms. The van der Waals surface area contributed by atoms with Gasteiger partial charge in [-0.1, -0.05) is 12.8 Å². The highest BCUT2D eigenvalue weighted by atomic mass is 16.5. The fraction of sp³-hybridized carbons (Fsp3) is 0.900. The predicted molar refractivity (Wildman–Crippen MR) is 45.9 cm³/mol. The van der Waals surface area contributed by atoms with Gasteiger partial charge in [0.05, 0.1) is 0 Å². The Hall–Kier alpha value is -0.370. The van der Waals surface area contributed by atoms with Crippen molar-refractivity contribution in [2.24, 2.45) is 11.8 Å². The van der Waals surface area contributed by atoms with Gasteiger partial charge < -0.3 is 4.74 Å². The molecule has 0 amide bonds. The van der Waals surface area contributed by atoms with Gasteiger partial charge in [0.2, 0.25) is 0 Å². The van der Waals surface area contributed by atoms with Gasteiger partial charge in [0.1, 0.15) is 6.10 Å². The molecule has 2 aliphatic carbocycles. The summed E-state index contributed by atoms with van der Waals surface area (Å²) in [4.78, 5) is 11.6. The van der Waals surface area contributed by atoms with Crippen LogP contribution in [0, 0.1) is 11.8 Å². The van der Waals surface area contributed by atoms with Crippen LogP contribution in [0.15, 0.2) is 0 Å². The highest BCUT2D eigenvalue weighted by molar-refractivity contribution is 5.86. The van der Waals surface area contributed by atoms with Crippen LogP contribution in [0.2, 0.25) is 0 Å². The van der Waals surface area contributed by atoms with E-state index in [1.54, 1.807) is 7.11 Å². The molecule has 0 aliphatic heterocycles. The molecule has 0 radical (unpaired) electrons. The molecular weight excluding hydrogens is 152 g/mol. The van der Waals surface area contributed by atoms with E-state index in [9.17, 15) is 4.79 Å². The van der Waals surface area contributed by atoms with Crippen LogP contribution in [-0.2, 0) is 9.53 Å². The maximum Gasteiger partial charge on any atom is 0.164 e. The summed E-state index contributed by atoms with van der Waals surface area (Å²) in [5.41, 5.74) is 0. The molecule has 2 rings (SSSR count). The number of hydrogen-bond donors (Lipinski definition) is 0. The molecule has 2 aliphatic rings. The maximum atomic E-state index is 11.6. The topological polar surface area (TPSA) is 26.3 Å². The Labute approximate surface area is 73.3 Å². The van der Waals surface area contributed by atoms with Crippen LogP contribution in [0.3, 0.4) is 0 Å². The Morgan fingerprint density at radius 2 is 2.17 bits per heavy atom. The van der Waals surface area contributed by atoms with Gasteiger partial charge in [-0.15, -0.1) is 0 Å². The molecule has 0 saturated heterocycles. The second kappa shape index (κ2) is 3.17. The van der Waals surface area contributed by atoms with Crippen molar-refractivity contribution < 1.29 is 9.53 Å². The van der Waals surface area contributed by atoms with Crippen LogP contribution in [0.5, 0.6) is 0 Å². The third-order valence-corrected chi connectivity index (χ3v) is 3.33. The second-order valence-electron chi connectivity index (χ2n) is 4.09. The average Bonchev–Trinajstić information content (AvgIpc) is 2.12. The van der Waals surface area contributed by atoms with E-state index in [4.69, 9.17) is 4.74 Å². The smallest absolute Gasteiger partial charge is 0.164 e. The lowest BCUT2D eigenvalue weighted by atomic mass is 9.70. The standard InChI is InChI=1S/C10H16O2/c1-12-9-6-7-3-2-4-8(5-7)10(9)11/h7-9H,2-6H2,1H3/t7-,8+,9-/m1/s1. The molecule has 2 bridgehead atoms. The van der Waals surface area contributed by atoms with Crippen molar-refractivity contribution in [3.8, 4) is 0 Å². The quantitative estimate of drug-likeness (QED) is 0.596. The first-order valence-corrected chi connectivity index (χ1v) is 4.87. The summed E-state index contributed by atoms with van der Waals surface area (Å²) in [5.74, 6) is 1.47. The number of ketones is 1. The lowest BCUT2D eigenvalue weighted by molar-refractivity contribution is -0.140. The van der Waals surface area contributed by atoms with Crippen LogP contribution in [0.25, 0.3) is 0 Å². The molecule has 0 unspecified atom stereocenters. The molecule has 0 heterocycles. The third-order valence-electron chi connectivity index (χ3n) is 3.33. The first-order valence-electron chi connectivity index (χ1n) is 4.87. The molecule has 2 nitrogen and oxygen atoms in total. The summed E-state index contributed by atoms with van der Waals surface area (Å²) in [6.45, 7) is 0. The second-order valence-corrected chi connectivity index (χ2v) is 4.09. The van der Waals surface area contributed by atoms with Crippen molar-refractivity contribution in [3.05, 3.63) is 0 Å². The van der Waals surface area contributed by atoms with E-state index in [0.717, 1.165) is 25.2 Å². The van der Waals surface area contributed by atoms with Crippen molar-refractivity contribution in [2.45, 2.75) is 38.2 Å². The van der Waals surface area contributed by atoms with Crippen molar-refractivity contribution >= 4 is 5.78 Å². The van der Waals surface area contributed by atoms with Crippen molar-refractivity contribution in [1.82, 2.24) is 0 Å². The predicted octanol–water partition coefficient (Wildman–Crippen LogP) is 1.78. The SMILES string of the molecule is CO[C@@H]1C[C@@H]2CCC[C@@H](C2)C1=O. The first kappa shape index (κ1) is 8.24. The van der Waals surface area contributed by atoms with E-state index in [1.165, 1.54) is 12.8 Å². The summed E-state index contributed by atoms with van der Waals surface area (Å²) in [5, 5.41) is 0. The van der Waals surface area contributed by atoms with Crippen LogP contribution < -0.4 is 0 Å². The lowest BCUT2D eigenvalue weighted by Crippen LogP contribution is -2.40. The van der Waals surface area contributed by atoms with Crippen LogP contribution in [0.4, 0.5) is 0 Å². The van der Waals surface area contributed by atoms with Crippen molar-refractivity contribution in [2.75, 3.05) is 7.11 Å². The van der Waals surface area contributed by atoms with Gasteiger partial charge in [-0.25, -0.2) is 0 Å². The van der Waals surface area contributed by atoms with Gasteiger partial charge >= 0.3 is 0 Å². The van der Waals surface area contributed by atoms with Gasteiger partial charge in [0, 0.05) is 13.0 Å². The van der Waals surface area contributed by atoms with Gasteiger partial charge in [0.25, 0.3) is 0 Å². The van der Waals surface area contributed by atoms with Crippen molar-refractivity contribution in [3.63, 3.8) is 0 Å². The minimum Gasteiger partial charge on any atom is -0.374 e. The van der Waals surface area contributed by atoms with Crippen LogP contribution in [-0.4, -0.2) is 19.0 Å². The summed E-state index contributed by atoms with van der Waals surface area (Å²) < 4.78 is 5.19. The van der Waals surface area contributed by atoms with E-state index in [2.05, 4.69) is 0 Å². The Balaban J connectivity index is 2.09. The Morgan fingerprint density at radius 3 is 2.92 bits per heavy atom. The Bertz CT molecular complexity index is 184. The normalized spacial score (nSPS) is 41.4. The number of hydrogen-bond acceptors (Lipinski definition) is 2. The number of carbonyl (C=O) groups is 1. The maximum absolute atomic E-state index is 11.6. The molecule has 0 N–H and O–H groups in total. The summed E-state index contributed by atoms with van der Waals surface area (Å²) in [6, 6.07) is 0. The lowest BCUT2D eigenvalue weighted by Gasteiger charge is -2.36.